The summed E-state index contributed by atoms with van der Waals surface area (Å²) in [5.74, 6) is 0.687. The lowest BCUT2D eigenvalue weighted by atomic mass is 10.0. The van der Waals surface area contributed by atoms with E-state index in [1.165, 1.54) is 0 Å². The maximum absolute atomic E-state index is 4.83. The van der Waals surface area contributed by atoms with Crippen LogP contribution < -0.4 is 0 Å². The van der Waals surface area contributed by atoms with Gasteiger partial charge in [-0.25, -0.2) is 15.0 Å². The summed E-state index contributed by atoms with van der Waals surface area (Å²) in [5.41, 5.74) is 3.15. The van der Waals surface area contributed by atoms with Crippen LogP contribution in [0.1, 0.15) is 11.1 Å². The van der Waals surface area contributed by atoms with Gasteiger partial charge in [0.2, 0.25) is 0 Å². The van der Waals surface area contributed by atoms with Crippen LogP contribution in [0.25, 0.3) is 0 Å². The van der Waals surface area contributed by atoms with Crippen LogP contribution in [0.15, 0.2) is 75.7 Å². The van der Waals surface area contributed by atoms with Crippen molar-refractivity contribution in [2.75, 3.05) is 0 Å². The maximum Gasteiger partial charge on any atom is 0.186 e. The summed E-state index contributed by atoms with van der Waals surface area (Å²) in [5, 5.41) is 0.846. The SMILES string of the molecule is Ic1cnc2c(n1)N=C(c1ccccc1)c1ccccc1S2. The number of fused-ring (bicyclic) bond motifs is 2. The summed E-state index contributed by atoms with van der Waals surface area (Å²) in [6, 6.07) is 18.5. The minimum absolute atomic E-state index is 0.687. The van der Waals surface area contributed by atoms with Crippen LogP contribution in [0.4, 0.5) is 5.82 Å². The lowest BCUT2D eigenvalue weighted by molar-refractivity contribution is 1.03. The van der Waals surface area contributed by atoms with Crippen molar-refractivity contribution in [3.05, 3.63) is 75.6 Å². The van der Waals surface area contributed by atoms with Gasteiger partial charge in [-0.3, -0.25) is 0 Å². The summed E-state index contributed by atoms with van der Waals surface area (Å²) in [4.78, 5) is 15.0. The molecule has 0 atom stereocenters. The van der Waals surface area contributed by atoms with Gasteiger partial charge in [0.25, 0.3) is 0 Å². The lowest BCUT2D eigenvalue weighted by Gasteiger charge is -2.08. The molecule has 22 heavy (non-hydrogen) atoms. The highest BCUT2D eigenvalue weighted by Gasteiger charge is 2.20. The summed E-state index contributed by atoms with van der Waals surface area (Å²) in [6.07, 6.45) is 1.78. The second-order valence-corrected chi connectivity index (χ2v) is 6.88. The van der Waals surface area contributed by atoms with Crippen molar-refractivity contribution >= 4 is 45.9 Å². The summed E-state index contributed by atoms with van der Waals surface area (Å²) in [6.45, 7) is 0. The maximum atomic E-state index is 4.83. The zero-order chi connectivity index (χ0) is 14.9. The predicted molar refractivity (Wildman–Crippen MR) is 97.1 cm³/mol. The van der Waals surface area contributed by atoms with Gasteiger partial charge in [-0.1, -0.05) is 60.3 Å². The van der Waals surface area contributed by atoms with Gasteiger partial charge in [-0.05, 0) is 28.7 Å². The molecule has 0 N–H and O–H groups in total. The molecule has 0 radical (unpaired) electrons. The molecule has 1 aliphatic rings. The van der Waals surface area contributed by atoms with Gasteiger partial charge in [-0.2, -0.15) is 0 Å². The molecule has 0 fully saturated rings. The standard InChI is InChI=1S/C17H10IN3S/c18-14-10-19-17-16(20-14)21-15(11-6-2-1-3-7-11)12-8-4-5-9-13(12)22-17/h1-10H. The van der Waals surface area contributed by atoms with Crippen molar-refractivity contribution in [1.29, 1.82) is 0 Å². The van der Waals surface area contributed by atoms with E-state index >= 15 is 0 Å². The first-order valence-corrected chi connectivity index (χ1v) is 8.65. The molecule has 0 unspecified atom stereocenters. The number of aromatic nitrogens is 2. The molecule has 1 aliphatic heterocycles. The quantitative estimate of drug-likeness (QED) is 0.423. The van der Waals surface area contributed by atoms with Gasteiger partial charge in [-0.15, -0.1) is 0 Å². The Morgan fingerprint density at radius 1 is 0.909 bits per heavy atom. The molecule has 3 nitrogen and oxygen atoms in total. The molecular formula is C17H10IN3S. The normalized spacial score (nSPS) is 12.9. The third kappa shape index (κ3) is 2.55. The molecule has 2 aromatic carbocycles. The molecule has 5 heteroatoms. The van der Waals surface area contributed by atoms with Crippen LogP contribution in [0.2, 0.25) is 0 Å². The monoisotopic (exact) mass is 415 g/mol. The molecule has 106 valence electrons. The second-order valence-electron chi connectivity index (χ2n) is 4.75. The van der Waals surface area contributed by atoms with Crippen molar-refractivity contribution in [2.24, 2.45) is 4.99 Å². The van der Waals surface area contributed by atoms with E-state index in [9.17, 15) is 0 Å². The molecule has 1 aromatic heterocycles. The third-order valence-corrected chi connectivity index (χ3v) is 4.88. The highest BCUT2D eigenvalue weighted by Crippen LogP contribution is 2.38. The number of nitrogens with zero attached hydrogens (tertiary/aromatic N) is 3. The molecule has 0 aliphatic carbocycles. The average Bonchev–Trinajstić information content (AvgIpc) is 2.72. The Bertz CT molecular complexity index is 878. The van der Waals surface area contributed by atoms with Gasteiger partial charge in [0.05, 0.1) is 11.9 Å². The number of rotatable bonds is 1. The number of halogens is 1. The largest absolute Gasteiger partial charge is 0.243 e. The van der Waals surface area contributed by atoms with Crippen molar-refractivity contribution in [3.8, 4) is 0 Å². The lowest BCUT2D eigenvalue weighted by Crippen LogP contribution is -2.03. The van der Waals surface area contributed by atoms with Gasteiger partial charge >= 0.3 is 0 Å². The van der Waals surface area contributed by atoms with E-state index in [-0.39, 0.29) is 0 Å². The van der Waals surface area contributed by atoms with E-state index in [1.54, 1.807) is 18.0 Å². The van der Waals surface area contributed by atoms with Crippen LogP contribution in [0, 0.1) is 3.70 Å². The van der Waals surface area contributed by atoms with Gasteiger partial charge in [0.1, 0.15) is 8.73 Å². The molecular weight excluding hydrogens is 405 g/mol. The zero-order valence-electron chi connectivity index (χ0n) is 11.4. The molecule has 0 amide bonds. The second kappa shape index (κ2) is 5.81. The minimum atomic E-state index is 0.687. The number of hydrogen-bond donors (Lipinski definition) is 0. The summed E-state index contributed by atoms with van der Waals surface area (Å²) >= 11 is 3.79. The van der Waals surface area contributed by atoms with Gasteiger partial charge in [0.15, 0.2) is 5.82 Å². The average molecular weight is 415 g/mol. The van der Waals surface area contributed by atoms with Gasteiger partial charge in [0, 0.05) is 16.0 Å². The highest BCUT2D eigenvalue weighted by atomic mass is 127. The van der Waals surface area contributed by atoms with Crippen molar-refractivity contribution < 1.29 is 0 Å². The fraction of sp³-hybridized carbons (Fsp3) is 0. The van der Waals surface area contributed by atoms with E-state index in [1.807, 2.05) is 30.3 Å². The van der Waals surface area contributed by atoms with E-state index in [2.05, 4.69) is 56.8 Å². The molecule has 2 heterocycles. The van der Waals surface area contributed by atoms with Crippen LogP contribution in [-0.2, 0) is 0 Å². The van der Waals surface area contributed by atoms with Crippen LogP contribution >= 0.6 is 34.4 Å². The molecule has 0 spiro atoms. The zero-order valence-corrected chi connectivity index (χ0v) is 14.4. The Balaban J connectivity index is 2.00. The molecule has 0 saturated heterocycles. The Labute approximate surface area is 146 Å². The number of hydrogen-bond acceptors (Lipinski definition) is 4. The smallest absolute Gasteiger partial charge is 0.186 e. The van der Waals surface area contributed by atoms with Crippen molar-refractivity contribution in [1.82, 2.24) is 9.97 Å². The minimum Gasteiger partial charge on any atom is -0.243 e. The Kier molecular flexibility index (Phi) is 3.67. The first-order valence-electron chi connectivity index (χ1n) is 6.75. The predicted octanol–water partition coefficient (Wildman–Crippen LogP) is 4.71. The fourth-order valence-electron chi connectivity index (χ4n) is 2.33. The van der Waals surface area contributed by atoms with Gasteiger partial charge < -0.3 is 0 Å². The first-order chi connectivity index (χ1) is 10.8. The third-order valence-electron chi connectivity index (χ3n) is 3.31. The van der Waals surface area contributed by atoms with Crippen LogP contribution in [-0.4, -0.2) is 15.7 Å². The summed E-state index contributed by atoms with van der Waals surface area (Å²) in [7, 11) is 0. The van der Waals surface area contributed by atoms with E-state index in [0.717, 1.165) is 30.5 Å². The number of benzene rings is 2. The topological polar surface area (TPSA) is 38.1 Å². The van der Waals surface area contributed by atoms with E-state index < -0.39 is 0 Å². The fourth-order valence-corrected chi connectivity index (χ4v) is 3.62. The van der Waals surface area contributed by atoms with E-state index in [0.29, 0.717) is 5.82 Å². The van der Waals surface area contributed by atoms with E-state index in [4.69, 9.17) is 4.99 Å². The molecule has 3 aromatic rings. The Morgan fingerprint density at radius 3 is 2.55 bits per heavy atom. The number of aliphatic imine (C=N–C) groups is 1. The molecule has 4 rings (SSSR count). The Hall–Kier alpha value is -1.73. The molecule has 0 saturated carbocycles. The molecule has 0 bridgehead atoms. The highest BCUT2D eigenvalue weighted by molar-refractivity contribution is 14.1. The van der Waals surface area contributed by atoms with Crippen LogP contribution in [0.5, 0.6) is 0 Å². The van der Waals surface area contributed by atoms with Crippen molar-refractivity contribution in [3.63, 3.8) is 0 Å². The van der Waals surface area contributed by atoms with Crippen LogP contribution in [0.3, 0.4) is 0 Å². The van der Waals surface area contributed by atoms with Crippen molar-refractivity contribution in [2.45, 2.75) is 9.92 Å². The Morgan fingerprint density at radius 2 is 1.68 bits per heavy atom. The first kappa shape index (κ1) is 13.9. The summed E-state index contributed by atoms with van der Waals surface area (Å²) < 4.78 is 0.846.